The van der Waals surface area contributed by atoms with Gasteiger partial charge < -0.3 is 4.90 Å². The van der Waals surface area contributed by atoms with Crippen molar-refractivity contribution in [2.24, 2.45) is 0 Å². The van der Waals surface area contributed by atoms with Crippen LogP contribution in [0, 0.1) is 5.82 Å². The van der Waals surface area contributed by atoms with Gasteiger partial charge in [-0.15, -0.1) is 0 Å². The number of hydrogen-bond donors (Lipinski definition) is 0. The fraction of sp³-hybridized carbons (Fsp3) is 0.346. The van der Waals surface area contributed by atoms with Crippen molar-refractivity contribution in [2.45, 2.75) is 31.9 Å². The summed E-state index contributed by atoms with van der Waals surface area (Å²) in [5.74, 6) is -0.228. The molecule has 1 aliphatic rings. The molecule has 1 aromatic heterocycles. The monoisotopic (exact) mass is 467 g/mol. The van der Waals surface area contributed by atoms with Crippen molar-refractivity contribution in [3.8, 4) is 11.1 Å². The van der Waals surface area contributed by atoms with Crippen LogP contribution >= 0.6 is 0 Å². The highest BCUT2D eigenvalue weighted by molar-refractivity contribution is 7.89. The topological polar surface area (TPSA) is 53.5 Å². The number of benzene rings is 2. The lowest BCUT2D eigenvalue weighted by Crippen LogP contribution is -2.50. The van der Waals surface area contributed by atoms with Gasteiger partial charge in [-0.05, 0) is 85.3 Å². The molecule has 0 radical (unpaired) electrons. The summed E-state index contributed by atoms with van der Waals surface area (Å²) in [5.41, 5.74) is 5.08. The number of nitrogens with zero attached hydrogens (tertiary/aromatic N) is 3. The van der Waals surface area contributed by atoms with Crippen molar-refractivity contribution in [2.75, 3.05) is 31.1 Å². The van der Waals surface area contributed by atoms with E-state index in [2.05, 4.69) is 34.1 Å². The second-order valence-corrected chi connectivity index (χ2v) is 11.2. The summed E-state index contributed by atoms with van der Waals surface area (Å²) in [5, 5.41) is -0.387. The third kappa shape index (κ3) is 5.60. The molecule has 1 saturated heterocycles. The van der Waals surface area contributed by atoms with E-state index in [4.69, 9.17) is 0 Å². The molecule has 4 rings (SSSR count). The Balaban J connectivity index is 1.36. The number of anilines is 1. The molecule has 0 bridgehead atoms. The van der Waals surface area contributed by atoms with Gasteiger partial charge in [0.05, 0.1) is 5.25 Å². The van der Waals surface area contributed by atoms with Crippen LogP contribution < -0.4 is 4.90 Å². The number of halogens is 1. The van der Waals surface area contributed by atoms with E-state index < -0.39 is 10.0 Å². The number of aryl methyl sites for hydroxylation is 2. The van der Waals surface area contributed by atoms with Crippen LogP contribution in [0.1, 0.15) is 25.0 Å². The Morgan fingerprint density at radius 2 is 1.48 bits per heavy atom. The third-order valence-corrected chi connectivity index (χ3v) is 8.45. The number of rotatable bonds is 7. The van der Waals surface area contributed by atoms with Crippen LogP contribution in [0.4, 0.5) is 10.1 Å². The minimum atomic E-state index is -3.19. The van der Waals surface area contributed by atoms with Gasteiger partial charge in [-0.3, -0.25) is 4.98 Å². The standard InChI is InChI=1S/C26H30FN3O2S/c1-20(2)33(31,32)30-15-13-29(14-16-30)26-7-5-21(6-8-26)3-4-22-17-24(19-25(27)18-22)23-9-11-28-12-10-23/h5-12,17-20H,3-4,13-16H2,1-2H3. The summed E-state index contributed by atoms with van der Waals surface area (Å²) in [6, 6.07) is 17.4. The molecule has 5 nitrogen and oxygen atoms in total. The zero-order chi connectivity index (χ0) is 23.4. The maximum Gasteiger partial charge on any atom is 0.216 e. The first kappa shape index (κ1) is 23.4. The van der Waals surface area contributed by atoms with Crippen molar-refractivity contribution in [3.63, 3.8) is 0 Å². The molecule has 2 heterocycles. The Bertz CT molecular complexity index is 1170. The minimum Gasteiger partial charge on any atom is -0.369 e. The van der Waals surface area contributed by atoms with Gasteiger partial charge in [-0.2, -0.15) is 4.31 Å². The molecule has 3 aromatic rings. The predicted octanol–water partition coefficient (Wildman–Crippen LogP) is 4.53. The fourth-order valence-electron chi connectivity index (χ4n) is 4.17. The summed E-state index contributed by atoms with van der Waals surface area (Å²) in [6.45, 7) is 5.86. The SMILES string of the molecule is CC(C)S(=O)(=O)N1CCN(c2ccc(CCc3cc(F)cc(-c4ccncc4)c3)cc2)CC1. The van der Waals surface area contributed by atoms with Gasteiger partial charge >= 0.3 is 0 Å². The molecule has 174 valence electrons. The van der Waals surface area contributed by atoms with Crippen LogP contribution in [0.15, 0.2) is 67.0 Å². The van der Waals surface area contributed by atoms with E-state index in [0.717, 1.165) is 35.2 Å². The van der Waals surface area contributed by atoms with Crippen LogP contribution in [0.2, 0.25) is 0 Å². The van der Waals surface area contributed by atoms with Gasteiger partial charge in [0.2, 0.25) is 10.0 Å². The second kappa shape index (κ2) is 10.0. The molecule has 2 aromatic carbocycles. The lowest BCUT2D eigenvalue weighted by atomic mass is 9.99. The van der Waals surface area contributed by atoms with E-state index >= 15 is 0 Å². The molecule has 0 unspecified atom stereocenters. The van der Waals surface area contributed by atoms with Crippen molar-refractivity contribution < 1.29 is 12.8 Å². The molecule has 1 aliphatic heterocycles. The largest absolute Gasteiger partial charge is 0.369 e. The Morgan fingerprint density at radius 1 is 0.848 bits per heavy atom. The smallest absolute Gasteiger partial charge is 0.216 e. The van der Waals surface area contributed by atoms with Gasteiger partial charge in [0.25, 0.3) is 0 Å². The van der Waals surface area contributed by atoms with Gasteiger partial charge in [0.1, 0.15) is 5.82 Å². The summed E-state index contributed by atoms with van der Waals surface area (Å²) >= 11 is 0. The summed E-state index contributed by atoms with van der Waals surface area (Å²) in [4.78, 5) is 6.25. The van der Waals surface area contributed by atoms with E-state index in [1.54, 1.807) is 42.7 Å². The van der Waals surface area contributed by atoms with Crippen LogP contribution in [0.25, 0.3) is 11.1 Å². The van der Waals surface area contributed by atoms with Crippen molar-refractivity contribution in [3.05, 3.63) is 83.9 Å². The summed E-state index contributed by atoms with van der Waals surface area (Å²) in [6.07, 6.45) is 5.00. The quantitative estimate of drug-likeness (QED) is 0.512. The first-order valence-electron chi connectivity index (χ1n) is 11.4. The lowest BCUT2D eigenvalue weighted by Gasteiger charge is -2.36. The maximum absolute atomic E-state index is 14.2. The van der Waals surface area contributed by atoms with E-state index in [1.807, 2.05) is 18.2 Å². The van der Waals surface area contributed by atoms with Crippen molar-refractivity contribution >= 4 is 15.7 Å². The molecule has 0 spiro atoms. The van der Waals surface area contributed by atoms with E-state index in [0.29, 0.717) is 26.2 Å². The zero-order valence-corrected chi connectivity index (χ0v) is 19.9. The fourth-order valence-corrected chi connectivity index (χ4v) is 5.44. The Hall–Kier alpha value is -2.77. The van der Waals surface area contributed by atoms with Gasteiger partial charge in [0, 0.05) is 44.3 Å². The third-order valence-electron chi connectivity index (χ3n) is 6.17. The van der Waals surface area contributed by atoms with Gasteiger partial charge in [-0.25, -0.2) is 12.8 Å². The zero-order valence-electron chi connectivity index (χ0n) is 19.1. The normalized spacial score (nSPS) is 15.2. The van der Waals surface area contributed by atoms with E-state index in [1.165, 1.54) is 5.56 Å². The van der Waals surface area contributed by atoms with Crippen molar-refractivity contribution in [1.29, 1.82) is 0 Å². The van der Waals surface area contributed by atoms with Crippen LogP contribution in [-0.4, -0.2) is 49.1 Å². The Labute approximate surface area is 195 Å². The maximum atomic E-state index is 14.2. The molecule has 7 heteroatoms. The van der Waals surface area contributed by atoms with E-state index in [9.17, 15) is 12.8 Å². The lowest BCUT2D eigenvalue weighted by molar-refractivity contribution is 0.381. The molecule has 0 saturated carbocycles. The van der Waals surface area contributed by atoms with Crippen LogP contribution in [0.5, 0.6) is 0 Å². The minimum absolute atomic E-state index is 0.228. The number of pyridine rings is 1. The average molecular weight is 468 g/mol. The molecular formula is C26H30FN3O2S. The Kier molecular flexibility index (Phi) is 7.10. The Morgan fingerprint density at radius 3 is 2.12 bits per heavy atom. The number of piperazine rings is 1. The number of sulfonamides is 1. The summed E-state index contributed by atoms with van der Waals surface area (Å²) in [7, 11) is -3.19. The molecule has 1 fully saturated rings. The highest BCUT2D eigenvalue weighted by Gasteiger charge is 2.29. The highest BCUT2D eigenvalue weighted by Crippen LogP contribution is 2.23. The van der Waals surface area contributed by atoms with Crippen LogP contribution in [-0.2, 0) is 22.9 Å². The van der Waals surface area contributed by atoms with Crippen molar-refractivity contribution in [1.82, 2.24) is 9.29 Å². The number of aromatic nitrogens is 1. The van der Waals surface area contributed by atoms with Crippen LogP contribution in [0.3, 0.4) is 0 Å². The first-order valence-corrected chi connectivity index (χ1v) is 12.9. The molecule has 0 N–H and O–H groups in total. The molecule has 0 atom stereocenters. The first-order chi connectivity index (χ1) is 15.8. The average Bonchev–Trinajstić information content (AvgIpc) is 2.83. The molecule has 0 amide bonds. The second-order valence-electron chi connectivity index (χ2n) is 8.73. The molecule has 0 aliphatic carbocycles. The van der Waals surface area contributed by atoms with E-state index in [-0.39, 0.29) is 11.1 Å². The predicted molar refractivity (Wildman–Crippen MR) is 131 cm³/mol. The number of hydrogen-bond acceptors (Lipinski definition) is 4. The van der Waals surface area contributed by atoms with Gasteiger partial charge in [0.15, 0.2) is 0 Å². The molecule has 33 heavy (non-hydrogen) atoms. The summed E-state index contributed by atoms with van der Waals surface area (Å²) < 4.78 is 40.5. The molecular weight excluding hydrogens is 437 g/mol. The van der Waals surface area contributed by atoms with Gasteiger partial charge in [-0.1, -0.05) is 18.2 Å². The highest BCUT2D eigenvalue weighted by atomic mass is 32.2.